The molecular weight excluding hydrogens is 316 g/mol. The summed E-state index contributed by atoms with van der Waals surface area (Å²) in [5.74, 6) is 0. The van der Waals surface area contributed by atoms with Gasteiger partial charge in [0.15, 0.2) is 0 Å². The van der Waals surface area contributed by atoms with E-state index < -0.39 is 8.07 Å². The molecular formula is C24H32Si. The number of hydrogen-bond acceptors (Lipinski definition) is 0. The van der Waals surface area contributed by atoms with E-state index in [0.717, 1.165) is 23.0 Å². The molecule has 2 aromatic rings. The van der Waals surface area contributed by atoms with Crippen LogP contribution in [0.5, 0.6) is 0 Å². The van der Waals surface area contributed by atoms with E-state index >= 15 is 0 Å². The fourth-order valence-electron chi connectivity index (χ4n) is 5.71. The Kier molecular flexibility index (Phi) is 5.06. The first-order valence-electron chi connectivity index (χ1n) is 9.78. The largest absolute Gasteiger partial charge is 0.0903 e. The fraction of sp³-hybridized carbons (Fsp3) is 0.417. The summed E-state index contributed by atoms with van der Waals surface area (Å²) in [6, 6.07) is 20.2. The van der Waals surface area contributed by atoms with E-state index in [1.165, 1.54) is 16.7 Å². The molecule has 0 saturated carbocycles. The van der Waals surface area contributed by atoms with Crippen molar-refractivity contribution in [2.24, 2.45) is 0 Å². The highest BCUT2D eigenvalue weighted by atomic mass is 28.3. The molecule has 0 nitrogen and oxygen atoms in total. The van der Waals surface area contributed by atoms with Gasteiger partial charge < -0.3 is 0 Å². The summed E-state index contributed by atoms with van der Waals surface area (Å²) in [7, 11) is -1.66. The minimum absolute atomic E-state index is 0.746. The van der Waals surface area contributed by atoms with Gasteiger partial charge in [0.25, 0.3) is 0 Å². The lowest BCUT2D eigenvalue weighted by atomic mass is 9.99. The van der Waals surface area contributed by atoms with E-state index in [1.807, 2.05) is 0 Å². The van der Waals surface area contributed by atoms with Gasteiger partial charge in [-0.15, -0.1) is 0 Å². The van der Waals surface area contributed by atoms with Crippen LogP contribution in [0.15, 0.2) is 59.8 Å². The van der Waals surface area contributed by atoms with Crippen molar-refractivity contribution in [2.45, 2.75) is 64.6 Å². The maximum atomic E-state index is 2.48. The molecule has 0 atom stereocenters. The second kappa shape index (κ2) is 6.95. The van der Waals surface area contributed by atoms with Gasteiger partial charge in [0, 0.05) is 0 Å². The summed E-state index contributed by atoms with van der Waals surface area (Å²) in [4.78, 5) is 0. The molecule has 1 aliphatic rings. The van der Waals surface area contributed by atoms with E-state index in [9.17, 15) is 0 Å². The molecule has 0 fully saturated rings. The van der Waals surface area contributed by atoms with Crippen molar-refractivity contribution >= 4 is 13.6 Å². The number of rotatable bonds is 5. The highest BCUT2D eigenvalue weighted by Crippen LogP contribution is 2.53. The molecule has 132 valence electrons. The average molecular weight is 349 g/mol. The Bertz CT molecular complexity index is 744. The zero-order chi connectivity index (χ0) is 18.2. The molecule has 0 aromatic heterocycles. The minimum atomic E-state index is -1.66. The number of hydrogen-bond donors (Lipinski definition) is 0. The minimum Gasteiger partial charge on any atom is -0.0669 e. The van der Waals surface area contributed by atoms with Crippen molar-refractivity contribution < 1.29 is 0 Å². The van der Waals surface area contributed by atoms with Crippen molar-refractivity contribution in [1.29, 1.82) is 0 Å². The fourth-order valence-corrected chi connectivity index (χ4v) is 13.0. The van der Waals surface area contributed by atoms with Gasteiger partial charge in [-0.05, 0) is 45.3 Å². The van der Waals surface area contributed by atoms with E-state index in [0.29, 0.717) is 0 Å². The molecule has 2 aromatic carbocycles. The van der Waals surface area contributed by atoms with Crippen LogP contribution in [0.4, 0.5) is 0 Å². The summed E-state index contributed by atoms with van der Waals surface area (Å²) < 4.78 is 0. The van der Waals surface area contributed by atoms with Crippen LogP contribution in [-0.4, -0.2) is 8.07 Å². The Hall–Kier alpha value is -1.60. The highest BCUT2D eigenvalue weighted by Gasteiger charge is 2.48. The first-order valence-corrected chi connectivity index (χ1v) is 12.0. The van der Waals surface area contributed by atoms with Crippen molar-refractivity contribution in [3.8, 4) is 0 Å². The van der Waals surface area contributed by atoms with Gasteiger partial charge in [-0.2, -0.15) is 0 Å². The first-order chi connectivity index (χ1) is 11.9. The van der Waals surface area contributed by atoms with Crippen molar-refractivity contribution in [3.05, 3.63) is 76.5 Å². The van der Waals surface area contributed by atoms with Crippen LogP contribution in [0, 0.1) is 0 Å². The standard InChI is InChI=1S/C24H32Si/c1-17(2)25(18(3)4,19(5)6)23-16-21-14-10-11-15-22(21)24(23)20-12-8-7-9-13-20/h7-15,17-19H,16H2,1-6H3. The maximum Gasteiger partial charge on any atom is 0.0903 e. The lowest BCUT2D eigenvalue weighted by Gasteiger charge is -2.45. The van der Waals surface area contributed by atoms with Crippen LogP contribution in [-0.2, 0) is 6.42 Å². The molecule has 0 heterocycles. The van der Waals surface area contributed by atoms with E-state index in [4.69, 9.17) is 0 Å². The van der Waals surface area contributed by atoms with Crippen LogP contribution in [0.25, 0.3) is 5.57 Å². The normalized spacial score (nSPS) is 14.8. The second-order valence-electron chi connectivity index (χ2n) is 8.45. The molecule has 0 bridgehead atoms. The molecule has 1 heteroatoms. The van der Waals surface area contributed by atoms with Crippen molar-refractivity contribution in [1.82, 2.24) is 0 Å². The Morgan fingerprint density at radius 2 is 1.20 bits per heavy atom. The Balaban J connectivity index is 2.34. The van der Waals surface area contributed by atoms with Gasteiger partial charge in [-0.1, -0.05) is 101 Å². The number of fused-ring (bicyclic) bond motifs is 1. The third-order valence-corrected chi connectivity index (χ3v) is 13.6. The third-order valence-electron chi connectivity index (χ3n) is 6.41. The Labute approximate surface area is 155 Å². The van der Waals surface area contributed by atoms with Crippen molar-refractivity contribution in [2.75, 3.05) is 0 Å². The molecule has 25 heavy (non-hydrogen) atoms. The summed E-state index contributed by atoms with van der Waals surface area (Å²) >= 11 is 0. The zero-order valence-electron chi connectivity index (χ0n) is 16.6. The molecule has 0 unspecified atom stereocenters. The van der Waals surface area contributed by atoms with Crippen LogP contribution < -0.4 is 0 Å². The van der Waals surface area contributed by atoms with Gasteiger partial charge in [0.05, 0.1) is 8.07 Å². The predicted molar refractivity (Wildman–Crippen MR) is 114 cm³/mol. The molecule has 0 spiro atoms. The molecule has 0 saturated heterocycles. The molecule has 0 radical (unpaired) electrons. The average Bonchev–Trinajstić information content (AvgIpc) is 2.94. The summed E-state index contributed by atoms with van der Waals surface area (Å²) in [6.07, 6.45) is 1.15. The summed E-state index contributed by atoms with van der Waals surface area (Å²) in [5, 5.41) is 1.79. The quantitative estimate of drug-likeness (QED) is 0.499. The first kappa shape index (κ1) is 18.2. The molecule has 0 N–H and O–H groups in total. The third kappa shape index (κ3) is 2.83. The van der Waals surface area contributed by atoms with Crippen molar-refractivity contribution in [3.63, 3.8) is 0 Å². The van der Waals surface area contributed by atoms with Crippen LogP contribution in [0.2, 0.25) is 16.6 Å². The molecule has 1 aliphatic carbocycles. The van der Waals surface area contributed by atoms with Crippen LogP contribution >= 0.6 is 0 Å². The Morgan fingerprint density at radius 3 is 1.76 bits per heavy atom. The monoisotopic (exact) mass is 348 g/mol. The number of benzene rings is 2. The zero-order valence-corrected chi connectivity index (χ0v) is 17.6. The predicted octanol–water partition coefficient (Wildman–Crippen LogP) is 7.26. The summed E-state index contributed by atoms with van der Waals surface area (Å²) in [5.41, 5.74) is 8.19. The smallest absolute Gasteiger partial charge is 0.0669 e. The molecule has 0 amide bonds. The number of allylic oxidation sites excluding steroid dienone is 1. The van der Waals surface area contributed by atoms with Gasteiger partial charge >= 0.3 is 0 Å². The van der Waals surface area contributed by atoms with Gasteiger partial charge in [-0.25, -0.2) is 0 Å². The van der Waals surface area contributed by atoms with Gasteiger partial charge in [0.2, 0.25) is 0 Å². The van der Waals surface area contributed by atoms with Crippen LogP contribution in [0.3, 0.4) is 0 Å². The molecule has 3 rings (SSSR count). The second-order valence-corrected chi connectivity index (χ2v) is 14.4. The summed E-state index contributed by atoms with van der Waals surface area (Å²) in [6.45, 7) is 14.9. The SMILES string of the molecule is CC(C)[Si](C1=C(c2ccccc2)c2ccccc2C1)(C(C)C)C(C)C. The lowest BCUT2D eigenvalue weighted by molar-refractivity contribution is 0.819. The Morgan fingerprint density at radius 1 is 0.680 bits per heavy atom. The van der Waals surface area contributed by atoms with Crippen LogP contribution in [0.1, 0.15) is 58.2 Å². The molecule has 0 aliphatic heterocycles. The van der Waals surface area contributed by atoms with E-state index in [1.54, 1.807) is 10.8 Å². The van der Waals surface area contributed by atoms with E-state index in [-0.39, 0.29) is 0 Å². The van der Waals surface area contributed by atoms with Gasteiger partial charge in [-0.3, -0.25) is 0 Å². The highest BCUT2D eigenvalue weighted by molar-refractivity contribution is 6.91. The maximum absolute atomic E-state index is 2.48. The topological polar surface area (TPSA) is 0 Å². The van der Waals surface area contributed by atoms with Gasteiger partial charge in [0.1, 0.15) is 0 Å². The van der Waals surface area contributed by atoms with E-state index in [2.05, 4.69) is 96.1 Å². The lowest BCUT2D eigenvalue weighted by Crippen LogP contribution is -2.47.